The Bertz CT molecular complexity index is 717. The van der Waals surface area contributed by atoms with Crippen molar-refractivity contribution in [1.29, 1.82) is 0 Å². The lowest BCUT2D eigenvalue weighted by molar-refractivity contribution is -0.0444. The van der Waals surface area contributed by atoms with Crippen LogP contribution in [0.15, 0.2) is 0 Å². The summed E-state index contributed by atoms with van der Waals surface area (Å²) in [6.07, 6.45) is 22.5. The van der Waals surface area contributed by atoms with Crippen molar-refractivity contribution in [2.75, 3.05) is 31.9 Å². The first-order valence-electron chi connectivity index (χ1n) is 12.7. The molecule has 0 aliphatic rings. The van der Waals surface area contributed by atoms with E-state index in [9.17, 15) is 43.2 Å². The van der Waals surface area contributed by atoms with Crippen LogP contribution in [0.4, 0.5) is 26.3 Å². The molecule has 0 unspecified atom stereocenters. The third kappa shape index (κ3) is 17.2. The molecular weight excluding hydrogens is 567 g/mol. The number of hydrogen-bond acceptors (Lipinski definition) is 5. The predicted molar refractivity (Wildman–Crippen MR) is 139 cm³/mol. The maximum absolute atomic E-state index is 11.4. The number of halogens is 6. The SMILES string of the molecule is CCCCCC[P+](CCCCCC)(CCCCCC)COC.O=S(=O)([N-]S(=O)(=O)C(F)(F)F)C(F)(F)F. The van der Waals surface area contributed by atoms with Gasteiger partial charge in [-0.2, -0.15) is 26.3 Å². The van der Waals surface area contributed by atoms with Crippen molar-refractivity contribution in [3.63, 3.8) is 0 Å². The molecule has 0 aliphatic carbocycles. The van der Waals surface area contributed by atoms with Gasteiger partial charge in [0.2, 0.25) is 0 Å². The minimum absolute atomic E-state index is 0.778. The van der Waals surface area contributed by atoms with E-state index in [-0.39, 0.29) is 0 Å². The first-order valence-corrected chi connectivity index (χ1v) is 18.1. The fraction of sp³-hybridized carbons (Fsp3) is 1.00. The van der Waals surface area contributed by atoms with Crippen LogP contribution in [0.3, 0.4) is 0 Å². The van der Waals surface area contributed by atoms with Gasteiger partial charge in [-0.15, -0.1) is 0 Å². The molecule has 0 spiro atoms. The largest absolute Gasteiger partial charge is 0.480 e. The van der Waals surface area contributed by atoms with Gasteiger partial charge in [0.05, 0.1) is 18.5 Å². The van der Waals surface area contributed by atoms with E-state index in [0.717, 1.165) is 10.5 Å². The average molecular weight is 612 g/mol. The van der Waals surface area contributed by atoms with Crippen molar-refractivity contribution < 1.29 is 47.9 Å². The minimum Gasteiger partial charge on any atom is -0.421 e. The Morgan fingerprint density at radius 3 is 1.11 bits per heavy atom. The molecule has 6 nitrogen and oxygen atoms in total. The highest BCUT2D eigenvalue weighted by Gasteiger charge is 2.47. The maximum atomic E-state index is 11.4. The molecule has 0 radical (unpaired) electrons. The molecule has 0 saturated heterocycles. The normalized spacial score (nSPS) is 13.4. The summed E-state index contributed by atoms with van der Waals surface area (Å²) < 4.78 is 115. The molecule has 0 aliphatic heterocycles. The smallest absolute Gasteiger partial charge is 0.421 e. The fourth-order valence-electron chi connectivity index (χ4n) is 3.64. The number of unbranched alkanes of at least 4 members (excludes halogenated alkanes) is 9. The van der Waals surface area contributed by atoms with E-state index in [0.29, 0.717) is 0 Å². The molecule has 226 valence electrons. The van der Waals surface area contributed by atoms with E-state index in [4.69, 9.17) is 4.74 Å². The zero-order valence-corrected chi connectivity index (χ0v) is 24.9. The Kier molecular flexibility index (Phi) is 20.0. The molecular formula is C22H44F6NO5PS2. The highest BCUT2D eigenvalue weighted by atomic mass is 32.3. The molecule has 0 aromatic rings. The molecule has 0 rings (SSSR count). The van der Waals surface area contributed by atoms with Crippen LogP contribution in [0, 0.1) is 0 Å². The summed E-state index contributed by atoms with van der Waals surface area (Å²) in [5, 5.41) is 0. The summed E-state index contributed by atoms with van der Waals surface area (Å²) in [6.45, 7) is 6.94. The number of hydrogen-bond donors (Lipinski definition) is 0. The number of nitrogens with zero attached hydrogens (tertiary/aromatic N) is 1. The van der Waals surface area contributed by atoms with Gasteiger partial charge in [0.15, 0.2) is 26.4 Å². The van der Waals surface area contributed by atoms with Gasteiger partial charge in [-0.05, 0) is 38.5 Å². The van der Waals surface area contributed by atoms with Gasteiger partial charge in [0, 0.05) is 14.4 Å². The molecule has 0 heterocycles. The second-order valence-electron chi connectivity index (χ2n) is 9.03. The van der Waals surface area contributed by atoms with E-state index in [1.54, 1.807) is 0 Å². The van der Waals surface area contributed by atoms with Crippen LogP contribution in [-0.2, 0) is 24.8 Å². The second kappa shape index (κ2) is 19.0. The summed E-state index contributed by atoms with van der Waals surface area (Å²) in [4.78, 5) is 0. The molecule has 0 atom stereocenters. The summed E-state index contributed by atoms with van der Waals surface area (Å²) in [6, 6.07) is 0. The van der Waals surface area contributed by atoms with Crippen LogP contribution < -0.4 is 0 Å². The van der Waals surface area contributed by atoms with Crippen LogP contribution in [-0.4, -0.2) is 59.8 Å². The fourth-order valence-corrected chi connectivity index (χ4v) is 9.64. The summed E-state index contributed by atoms with van der Waals surface area (Å²) in [5.74, 6) is 0. The van der Waals surface area contributed by atoms with E-state index < -0.39 is 38.3 Å². The topological polar surface area (TPSA) is 91.6 Å². The molecule has 0 aromatic carbocycles. The van der Waals surface area contributed by atoms with Crippen molar-refractivity contribution in [2.45, 2.75) is 109 Å². The molecule has 0 aromatic heterocycles. The minimum atomic E-state index is -6.72. The quantitative estimate of drug-likeness (QED) is 0.0831. The third-order valence-electron chi connectivity index (χ3n) is 5.64. The molecule has 0 bridgehead atoms. The Morgan fingerprint density at radius 2 is 0.892 bits per heavy atom. The van der Waals surface area contributed by atoms with Gasteiger partial charge in [-0.1, -0.05) is 59.3 Å². The van der Waals surface area contributed by atoms with Crippen LogP contribution in [0.1, 0.15) is 97.8 Å². The number of methoxy groups -OCH3 is 1. The van der Waals surface area contributed by atoms with Crippen molar-refractivity contribution >= 4 is 27.3 Å². The molecule has 0 amide bonds. The maximum Gasteiger partial charge on any atom is 0.480 e. The Hall–Kier alpha value is -0.170. The van der Waals surface area contributed by atoms with Crippen LogP contribution in [0.5, 0.6) is 0 Å². The lowest BCUT2D eigenvalue weighted by atomic mass is 10.2. The van der Waals surface area contributed by atoms with E-state index >= 15 is 0 Å². The Labute approximate surface area is 220 Å². The number of ether oxygens (including phenoxy) is 1. The second-order valence-corrected chi connectivity index (χ2v) is 16.7. The summed E-state index contributed by atoms with van der Waals surface area (Å²) in [7, 11) is -12.4. The van der Waals surface area contributed by atoms with Gasteiger partial charge < -0.3 is 8.86 Å². The van der Waals surface area contributed by atoms with Crippen molar-refractivity contribution in [3.05, 3.63) is 4.13 Å². The van der Waals surface area contributed by atoms with Gasteiger partial charge in [-0.25, -0.2) is 16.8 Å². The lowest BCUT2D eigenvalue weighted by Crippen LogP contribution is -2.30. The highest BCUT2D eigenvalue weighted by Crippen LogP contribution is 2.60. The summed E-state index contributed by atoms with van der Waals surface area (Å²) >= 11 is 0. The molecule has 15 heteroatoms. The lowest BCUT2D eigenvalue weighted by Gasteiger charge is -2.27. The van der Waals surface area contributed by atoms with Gasteiger partial charge in [0.25, 0.3) is 0 Å². The Balaban J connectivity index is 0. The zero-order chi connectivity index (χ0) is 29.2. The molecule has 0 N–H and O–H groups in total. The van der Waals surface area contributed by atoms with Gasteiger partial charge in [0.1, 0.15) is 0 Å². The van der Waals surface area contributed by atoms with Crippen molar-refractivity contribution in [2.24, 2.45) is 0 Å². The summed E-state index contributed by atoms with van der Waals surface area (Å²) in [5.41, 5.74) is -12.4. The van der Waals surface area contributed by atoms with Crippen LogP contribution in [0.2, 0.25) is 0 Å². The van der Waals surface area contributed by atoms with Gasteiger partial charge in [-0.3, -0.25) is 0 Å². The highest BCUT2D eigenvalue weighted by molar-refractivity contribution is 8.13. The molecule has 37 heavy (non-hydrogen) atoms. The van der Waals surface area contributed by atoms with Crippen LogP contribution >= 0.6 is 7.26 Å². The van der Waals surface area contributed by atoms with Crippen molar-refractivity contribution in [1.82, 2.24) is 0 Å². The molecule has 0 fully saturated rings. The zero-order valence-electron chi connectivity index (χ0n) is 22.3. The third-order valence-corrected chi connectivity index (χ3v) is 13.0. The van der Waals surface area contributed by atoms with E-state index in [1.807, 2.05) is 7.11 Å². The van der Waals surface area contributed by atoms with E-state index in [2.05, 4.69) is 20.8 Å². The first-order chi connectivity index (χ1) is 16.9. The Morgan fingerprint density at radius 1 is 0.595 bits per heavy atom. The monoisotopic (exact) mass is 611 g/mol. The standard InChI is InChI=1S/C20H44OP.C2F6NO4S2/c1-5-8-11-14-17-22(20-21-4,18-15-12-9-6-2)19-16-13-10-7-3;3-1(4,5)14(10,11)9-15(12,13)2(6,7)8/h5-20H2,1-4H3;/q+1;-1. The van der Waals surface area contributed by atoms with Crippen molar-refractivity contribution in [3.8, 4) is 0 Å². The number of sulfonamides is 2. The predicted octanol–water partition coefficient (Wildman–Crippen LogP) is 8.41. The van der Waals surface area contributed by atoms with Gasteiger partial charge >= 0.3 is 11.0 Å². The number of rotatable bonds is 19. The average Bonchev–Trinajstić information content (AvgIpc) is 2.76. The number of alkyl halides is 6. The first kappa shape index (κ1) is 39.0. The van der Waals surface area contributed by atoms with E-state index in [1.165, 1.54) is 95.5 Å². The molecule has 0 saturated carbocycles. The van der Waals surface area contributed by atoms with Crippen LogP contribution in [0.25, 0.3) is 4.13 Å².